The Bertz CT molecular complexity index is 1070. The first-order chi connectivity index (χ1) is 16.9. The molecule has 35 heavy (non-hydrogen) atoms. The van der Waals surface area contributed by atoms with E-state index in [1.54, 1.807) is 29.7 Å². The van der Waals surface area contributed by atoms with Gasteiger partial charge in [-0.1, -0.05) is 36.4 Å². The molecule has 0 heterocycles. The van der Waals surface area contributed by atoms with Crippen molar-refractivity contribution in [3.8, 4) is 5.75 Å². The van der Waals surface area contributed by atoms with Crippen LogP contribution in [-0.2, 0) is 22.4 Å². The highest BCUT2D eigenvalue weighted by Gasteiger charge is 2.46. The Morgan fingerprint density at radius 3 is 2.34 bits per heavy atom. The summed E-state index contributed by atoms with van der Waals surface area (Å²) in [4.78, 5) is 26.7. The molecule has 2 saturated carbocycles. The monoisotopic (exact) mass is 479 g/mol. The maximum atomic E-state index is 13.8. The van der Waals surface area contributed by atoms with Crippen LogP contribution in [0.1, 0.15) is 48.4 Å². The van der Waals surface area contributed by atoms with E-state index >= 15 is 0 Å². The lowest BCUT2D eigenvalue weighted by Crippen LogP contribution is -2.57. The third-order valence-corrected chi connectivity index (χ3v) is 7.63. The van der Waals surface area contributed by atoms with E-state index < -0.39 is 30.0 Å². The zero-order valence-corrected chi connectivity index (χ0v) is 19.6. The van der Waals surface area contributed by atoms with Crippen molar-refractivity contribution in [1.29, 1.82) is 0 Å². The molecule has 0 unspecified atom stereocenters. The van der Waals surface area contributed by atoms with Crippen LogP contribution in [0.3, 0.4) is 0 Å². The molecule has 2 amide bonds. The van der Waals surface area contributed by atoms with E-state index in [1.807, 2.05) is 24.3 Å². The number of fused-ring (bicyclic) bond motifs is 1. The Labute approximate surface area is 204 Å². The minimum absolute atomic E-state index is 0.0757. The average molecular weight is 480 g/mol. The molecule has 0 spiro atoms. The number of aromatic hydroxyl groups is 1. The molecule has 8 nitrogen and oxygen atoms in total. The van der Waals surface area contributed by atoms with Crippen LogP contribution in [0, 0.1) is 17.8 Å². The lowest BCUT2D eigenvalue weighted by Gasteiger charge is -2.31. The zero-order valence-electron chi connectivity index (χ0n) is 19.6. The van der Waals surface area contributed by atoms with E-state index in [-0.39, 0.29) is 24.1 Å². The predicted molar refractivity (Wildman–Crippen MR) is 128 cm³/mol. The van der Waals surface area contributed by atoms with Crippen LogP contribution in [0.15, 0.2) is 48.5 Å². The minimum Gasteiger partial charge on any atom is -0.508 e. The van der Waals surface area contributed by atoms with Gasteiger partial charge in [-0.15, -0.1) is 0 Å². The SMILES string of the molecule is O=C(NO)[C@@H](NC(C1CC1)C1CC1)[C@@H](Cc1cccc(O)c1)C(=O)N[C@H]1c2ccccc2C[C@H]1O. The van der Waals surface area contributed by atoms with Crippen molar-refractivity contribution in [3.05, 3.63) is 65.2 Å². The molecule has 2 fully saturated rings. The van der Waals surface area contributed by atoms with Crippen LogP contribution >= 0.6 is 0 Å². The van der Waals surface area contributed by atoms with Crippen LogP contribution in [0.25, 0.3) is 0 Å². The summed E-state index contributed by atoms with van der Waals surface area (Å²) in [7, 11) is 0. The molecule has 2 aromatic carbocycles. The molecule has 0 bridgehead atoms. The highest BCUT2D eigenvalue weighted by Crippen LogP contribution is 2.45. The van der Waals surface area contributed by atoms with Gasteiger partial charge in [0.2, 0.25) is 5.91 Å². The third kappa shape index (κ3) is 5.34. The van der Waals surface area contributed by atoms with Gasteiger partial charge in [-0.3, -0.25) is 14.8 Å². The number of nitrogens with one attached hydrogen (secondary N) is 3. The van der Waals surface area contributed by atoms with Gasteiger partial charge in [0.25, 0.3) is 5.91 Å². The first-order valence-corrected chi connectivity index (χ1v) is 12.5. The van der Waals surface area contributed by atoms with Crippen LogP contribution in [0.4, 0.5) is 0 Å². The number of carbonyl (C=O) groups is 2. The lowest BCUT2D eigenvalue weighted by molar-refractivity contribution is -0.138. The van der Waals surface area contributed by atoms with Crippen molar-refractivity contribution in [1.82, 2.24) is 16.1 Å². The molecule has 4 atom stereocenters. The predicted octanol–water partition coefficient (Wildman–Crippen LogP) is 1.98. The molecule has 0 aromatic heterocycles. The number of aliphatic hydroxyl groups excluding tert-OH is 1. The number of phenols is 1. The van der Waals surface area contributed by atoms with Gasteiger partial charge in [0.1, 0.15) is 11.8 Å². The van der Waals surface area contributed by atoms with Gasteiger partial charge in [-0.25, -0.2) is 5.48 Å². The number of carbonyl (C=O) groups excluding carboxylic acids is 2. The van der Waals surface area contributed by atoms with E-state index in [1.165, 1.54) is 0 Å². The number of aliphatic hydroxyl groups is 1. The smallest absolute Gasteiger partial charge is 0.261 e. The maximum absolute atomic E-state index is 13.8. The number of hydroxylamine groups is 1. The quantitative estimate of drug-likeness (QED) is 0.228. The molecular formula is C27H33N3O5. The summed E-state index contributed by atoms with van der Waals surface area (Å²) in [5.41, 5.74) is 4.31. The molecule has 3 aliphatic carbocycles. The molecule has 0 saturated heterocycles. The van der Waals surface area contributed by atoms with Gasteiger partial charge in [-0.05, 0) is 72.8 Å². The molecular weight excluding hydrogens is 446 g/mol. The van der Waals surface area contributed by atoms with Crippen LogP contribution in [-0.4, -0.2) is 45.4 Å². The topological polar surface area (TPSA) is 131 Å². The fraction of sp³-hybridized carbons (Fsp3) is 0.481. The Balaban J connectivity index is 1.43. The number of amides is 2. The summed E-state index contributed by atoms with van der Waals surface area (Å²) in [6, 6.07) is 12.8. The molecule has 0 radical (unpaired) electrons. The van der Waals surface area contributed by atoms with Gasteiger partial charge < -0.3 is 20.8 Å². The lowest BCUT2D eigenvalue weighted by atomic mass is 9.88. The van der Waals surface area contributed by atoms with Crippen LogP contribution in [0.5, 0.6) is 5.75 Å². The van der Waals surface area contributed by atoms with E-state index in [9.17, 15) is 25.0 Å². The number of hydrogen-bond donors (Lipinski definition) is 6. The van der Waals surface area contributed by atoms with Gasteiger partial charge in [-0.2, -0.15) is 0 Å². The Hall–Kier alpha value is -2.94. The summed E-state index contributed by atoms with van der Waals surface area (Å²) in [6.45, 7) is 0. The van der Waals surface area contributed by atoms with Crippen molar-refractivity contribution >= 4 is 11.8 Å². The normalized spacial score (nSPS) is 22.9. The van der Waals surface area contributed by atoms with Gasteiger partial charge >= 0.3 is 0 Å². The van der Waals surface area contributed by atoms with Crippen molar-refractivity contribution in [2.75, 3.05) is 0 Å². The highest BCUT2D eigenvalue weighted by atomic mass is 16.5. The standard InChI is InChI=1S/C27H33N3O5/c31-19-6-3-4-15(12-19)13-21(25(27(34)30-35)28-23(16-8-9-16)17-10-11-17)26(33)29-24-20-7-2-1-5-18(20)14-22(24)32/h1-7,12,16-17,21-25,28,31-32,35H,8-11,13-14H2,(H,29,33)(H,30,34)/t21-,22-,24+,25+/m1/s1. The Morgan fingerprint density at radius 2 is 1.69 bits per heavy atom. The Morgan fingerprint density at radius 1 is 0.971 bits per heavy atom. The second-order valence-electron chi connectivity index (χ2n) is 10.3. The molecule has 5 rings (SSSR count). The molecule has 6 N–H and O–H groups in total. The second kappa shape index (κ2) is 9.97. The highest BCUT2D eigenvalue weighted by molar-refractivity contribution is 5.90. The molecule has 8 heteroatoms. The van der Waals surface area contributed by atoms with Crippen molar-refractivity contribution in [3.63, 3.8) is 0 Å². The summed E-state index contributed by atoms with van der Waals surface area (Å²) in [6.07, 6.45) is 4.24. The summed E-state index contributed by atoms with van der Waals surface area (Å²) < 4.78 is 0. The molecule has 2 aromatic rings. The first-order valence-electron chi connectivity index (χ1n) is 12.5. The van der Waals surface area contributed by atoms with Crippen LogP contribution < -0.4 is 16.1 Å². The fourth-order valence-electron chi connectivity index (χ4n) is 5.53. The number of hydrogen-bond acceptors (Lipinski definition) is 6. The summed E-state index contributed by atoms with van der Waals surface area (Å²) in [5, 5.41) is 36.7. The van der Waals surface area contributed by atoms with E-state index in [4.69, 9.17) is 0 Å². The number of benzene rings is 2. The largest absolute Gasteiger partial charge is 0.508 e. The van der Waals surface area contributed by atoms with Gasteiger partial charge in [0.15, 0.2) is 0 Å². The number of phenolic OH excluding ortho intramolecular Hbond substituents is 1. The maximum Gasteiger partial charge on any atom is 0.261 e. The van der Waals surface area contributed by atoms with E-state index in [0.29, 0.717) is 23.8 Å². The van der Waals surface area contributed by atoms with Crippen molar-refractivity contribution < 1.29 is 25.0 Å². The second-order valence-corrected chi connectivity index (χ2v) is 10.3. The Kier molecular flexibility index (Phi) is 6.77. The molecule has 186 valence electrons. The van der Waals surface area contributed by atoms with Crippen molar-refractivity contribution in [2.45, 2.75) is 62.8 Å². The van der Waals surface area contributed by atoms with E-state index in [2.05, 4.69) is 10.6 Å². The third-order valence-electron chi connectivity index (χ3n) is 7.63. The minimum atomic E-state index is -0.970. The van der Waals surface area contributed by atoms with Gasteiger partial charge in [0, 0.05) is 12.5 Å². The summed E-state index contributed by atoms with van der Waals surface area (Å²) in [5.74, 6) is -0.894. The van der Waals surface area contributed by atoms with Crippen molar-refractivity contribution in [2.24, 2.45) is 17.8 Å². The van der Waals surface area contributed by atoms with Crippen LogP contribution in [0.2, 0.25) is 0 Å². The summed E-state index contributed by atoms with van der Waals surface area (Å²) >= 11 is 0. The van der Waals surface area contributed by atoms with Gasteiger partial charge in [0.05, 0.1) is 18.1 Å². The van der Waals surface area contributed by atoms with E-state index in [0.717, 1.165) is 36.8 Å². The zero-order chi connectivity index (χ0) is 24.5. The first kappa shape index (κ1) is 23.8. The average Bonchev–Trinajstić information content (AvgIpc) is 3.77. The molecule has 3 aliphatic rings. The fourth-order valence-corrected chi connectivity index (χ4v) is 5.53. The molecule has 0 aliphatic heterocycles. The number of rotatable bonds is 10.